The van der Waals surface area contributed by atoms with Crippen LogP contribution in [-0.2, 0) is 4.74 Å². The summed E-state index contributed by atoms with van der Waals surface area (Å²) in [4.78, 5) is 9.95. The van der Waals surface area contributed by atoms with E-state index in [2.05, 4.69) is 48.1 Å². The van der Waals surface area contributed by atoms with Crippen LogP contribution < -0.4 is 10.6 Å². The van der Waals surface area contributed by atoms with E-state index in [4.69, 9.17) is 9.73 Å². The Bertz CT molecular complexity index is 401. The zero-order valence-electron chi connectivity index (χ0n) is 17.5. The lowest BCUT2D eigenvalue weighted by atomic mass is 10.0. The van der Waals surface area contributed by atoms with Crippen molar-refractivity contribution >= 4 is 5.96 Å². The second-order valence-electron chi connectivity index (χ2n) is 8.35. The van der Waals surface area contributed by atoms with Crippen LogP contribution in [0.3, 0.4) is 0 Å². The number of hydrogen-bond acceptors (Lipinski definition) is 4. The van der Waals surface area contributed by atoms with Gasteiger partial charge in [0.15, 0.2) is 5.96 Å². The highest BCUT2D eigenvalue weighted by Gasteiger charge is 2.20. The number of hydrogen-bond donors (Lipinski definition) is 2. The Balaban J connectivity index is 1.73. The lowest BCUT2D eigenvalue weighted by Gasteiger charge is -2.34. The molecule has 0 saturated carbocycles. The van der Waals surface area contributed by atoms with Crippen LogP contribution >= 0.6 is 0 Å². The zero-order valence-corrected chi connectivity index (χ0v) is 17.5. The van der Waals surface area contributed by atoms with Gasteiger partial charge in [0.25, 0.3) is 0 Å². The number of morpholine rings is 1. The number of guanidine groups is 1. The smallest absolute Gasteiger partial charge is 0.191 e. The van der Waals surface area contributed by atoms with E-state index >= 15 is 0 Å². The zero-order chi connectivity index (χ0) is 18.8. The fraction of sp³-hybridized carbons (Fsp3) is 0.950. The highest BCUT2D eigenvalue weighted by atomic mass is 16.5. The van der Waals surface area contributed by atoms with E-state index < -0.39 is 0 Å². The molecule has 1 unspecified atom stereocenters. The Morgan fingerprint density at radius 3 is 2.31 bits per heavy atom. The number of aliphatic imine (C=N–C) groups is 1. The van der Waals surface area contributed by atoms with E-state index in [1.807, 2.05) is 0 Å². The van der Waals surface area contributed by atoms with Gasteiger partial charge in [-0.05, 0) is 31.6 Å². The van der Waals surface area contributed by atoms with Crippen molar-refractivity contribution in [2.45, 2.75) is 46.6 Å². The van der Waals surface area contributed by atoms with E-state index in [9.17, 15) is 0 Å². The van der Waals surface area contributed by atoms with Crippen LogP contribution in [0.2, 0.25) is 0 Å². The van der Waals surface area contributed by atoms with E-state index in [-0.39, 0.29) is 0 Å². The van der Waals surface area contributed by atoms with Gasteiger partial charge in [0.2, 0.25) is 0 Å². The van der Waals surface area contributed by atoms with Gasteiger partial charge in [-0.2, -0.15) is 0 Å². The molecule has 0 aliphatic carbocycles. The van der Waals surface area contributed by atoms with Crippen LogP contribution in [0.5, 0.6) is 0 Å². The van der Waals surface area contributed by atoms with Crippen molar-refractivity contribution in [1.29, 1.82) is 0 Å². The summed E-state index contributed by atoms with van der Waals surface area (Å²) in [7, 11) is 0. The third-order valence-corrected chi connectivity index (χ3v) is 5.13. The van der Waals surface area contributed by atoms with Gasteiger partial charge >= 0.3 is 0 Å². The third kappa shape index (κ3) is 8.23. The van der Waals surface area contributed by atoms with E-state index in [0.29, 0.717) is 12.0 Å². The van der Waals surface area contributed by atoms with E-state index in [0.717, 1.165) is 57.8 Å². The number of rotatable bonds is 8. The van der Waals surface area contributed by atoms with Gasteiger partial charge in [0, 0.05) is 58.4 Å². The second kappa shape index (κ2) is 11.8. The van der Waals surface area contributed by atoms with Gasteiger partial charge in [0.05, 0.1) is 13.2 Å². The van der Waals surface area contributed by atoms with E-state index in [1.54, 1.807) is 0 Å². The minimum atomic E-state index is 0.547. The molecule has 0 bridgehead atoms. The van der Waals surface area contributed by atoms with Gasteiger partial charge < -0.3 is 20.3 Å². The fourth-order valence-electron chi connectivity index (χ4n) is 3.82. The fourth-order valence-corrected chi connectivity index (χ4v) is 3.82. The van der Waals surface area contributed by atoms with Crippen LogP contribution in [-0.4, -0.2) is 87.4 Å². The highest BCUT2D eigenvalue weighted by Crippen LogP contribution is 2.12. The lowest BCUT2D eigenvalue weighted by Crippen LogP contribution is -2.49. The van der Waals surface area contributed by atoms with Crippen molar-refractivity contribution in [3.8, 4) is 0 Å². The predicted molar refractivity (Wildman–Crippen MR) is 110 cm³/mol. The molecule has 152 valence electrons. The summed E-state index contributed by atoms with van der Waals surface area (Å²) in [5.74, 6) is 2.31. The molecule has 0 spiro atoms. The molecule has 2 heterocycles. The summed E-state index contributed by atoms with van der Waals surface area (Å²) in [6.07, 6.45) is 2.42. The Morgan fingerprint density at radius 1 is 1.04 bits per heavy atom. The lowest BCUT2D eigenvalue weighted by molar-refractivity contribution is 0.0323. The topological polar surface area (TPSA) is 52.1 Å². The van der Waals surface area contributed by atoms with Crippen molar-refractivity contribution in [1.82, 2.24) is 20.4 Å². The first-order valence-electron chi connectivity index (χ1n) is 10.6. The quantitative estimate of drug-likeness (QED) is 0.504. The molecule has 0 aromatic rings. The molecule has 2 fully saturated rings. The average Bonchev–Trinajstić information content (AvgIpc) is 2.62. The molecule has 2 aliphatic heterocycles. The van der Waals surface area contributed by atoms with Crippen molar-refractivity contribution < 1.29 is 4.74 Å². The largest absolute Gasteiger partial charge is 0.379 e. The minimum absolute atomic E-state index is 0.547. The second-order valence-corrected chi connectivity index (χ2v) is 8.35. The molecule has 2 N–H and O–H groups in total. The molecule has 0 aromatic carbocycles. The molecule has 1 atom stereocenters. The Morgan fingerprint density at radius 2 is 1.69 bits per heavy atom. The highest BCUT2D eigenvalue weighted by molar-refractivity contribution is 5.80. The van der Waals surface area contributed by atoms with Crippen LogP contribution in [0.25, 0.3) is 0 Å². The van der Waals surface area contributed by atoms with Crippen LogP contribution in [0.4, 0.5) is 0 Å². The van der Waals surface area contributed by atoms with Gasteiger partial charge in [-0.1, -0.05) is 20.8 Å². The molecule has 6 heteroatoms. The Kier molecular flexibility index (Phi) is 9.72. The van der Waals surface area contributed by atoms with Crippen molar-refractivity contribution in [2.75, 3.05) is 65.6 Å². The first kappa shape index (κ1) is 21.5. The first-order valence-corrected chi connectivity index (χ1v) is 10.6. The summed E-state index contributed by atoms with van der Waals surface area (Å²) in [6.45, 7) is 19.4. The molecular weight excluding hydrogens is 326 g/mol. The number of likely N-dealkylation sites (tertiary alicyclic amines) is 1. The summed E-state index contributed by atoms with van der Waals surface area (Å²) in [6, 6.07) is 0.547. The minimum Gasteiger partial charge on any atom is -0.379 e. The molecule has 26 heavy (non-hydrogen) atoms. The maximum atomic E-state index is 5.43. The van der Waals surface area contributed by atoms with Crippen molar-refractivity contribution in [3.05, 3.63) is 0 Å². The number of nitrogens with one attached hydrogen (secondary N) is 2. The molecular formula is C20H41N5O. The van der Waals surface area contributed by atoms with Gasteiger partial charge in [-0.15, -0.1) is 0 Å². The Labute approximate surface area is 160 Å². The average molecular weight is 368 g/mol. The molecule has 2 rings (SSSR count). The standard InChI is InChI=1S/C20H41N5O/c1-5-21-20(22-14-18(4)16-25-10-12-26-13-11-25)23-19-6-8-24(9-7-19)15-17(2)3/h17-19H,5-16H2,1-4H3,(H2,21,22,23). The van der Waals surface area contributed by atoms with E-state index in [1.165, 1.54) is 32.5 Å². The monoisotopic (exact) mass is 367 g/mol. The maximum Gasteiger partial charge on any atom is 0.191 e. The van der Waals surface area contributed by atoms with Gasteiger partial charge in [-0.25, -0.2) is 0 Å². The summed E-state index contributed by atoms with van der Waals surface area (Å²) >= 11 is 0. The van der Waals surface area contributed by atoms with Gasteiger partial charge in [0.1, 0.15) is 0 Å². The Hall–Kier alpha value is -0.850. The molecule has 2 aliphatic rings. The van der Waals surface area contributed by atoms with Crippen molar-refractivity contribution in [2.24, 2.45) is 16.8 Å². The summed E-state index contributed by atoms with van der Waals surface area (Å²) in [5, 5.41) is 7.09. The molecule has 6 nitrogen and oxygen atoms in total. The molecule has 0 amide bonds. The third-order valence-electron chi connectivity index (χ3n) is 5.13. The molecule has 0 radical (unpaired) electrons. The van der Waals surface area contributed by atoms with Crippen LogP contribution in [0.1, 0.15) is 40.5 Å². The SMILES string of the molecule is CCNC(=NCC(C)CN1CCOCC1)NC1CCN(CC(C)C)CC1. The number of nitrogens with zero attached hydrogens (tertiary/aromatic N) is 3. The molecule has 2 saturated heterocycles. The number of piperidine rings is 1. The first-order chi connectivity index (χ1) is 12.6. The van der Waals surface area contributed by atoms with Crippen LogP contribution in [0.15, 0.2) is 4.99 Å². The van der Waals surface area contributed by atoms with Gasteiger partial charge in [-0.3, -0.25) is 9.89 Å². The summed E-state index contributed by atoms with van der Waals surface area (Å²) < 4.78 is 5.43. The number of ether oxygens (including phenoxy) is 1. The summed E-state index contributed by atoms with van der Waals surface area (Å²) in [5.41, 5.74) is 0. The van der Waals surface area contributed by atoms with Crippen LogP contribution in [0, 0.1) is 11.8 Å². The predicted octanol–water partition coefficient (Wildman–Crippen LogP) is 1.63. The maximum absolute atomic E-state index is 5.43. The van der Waals surface area contributed by atoms with Crippen molar-refractivity contribution in [3.63, 3.8) is 0 Å². The normalized spacial score (nSPS) is 22.6. The molecule has 0 aromatic heterocycles.